The van der Waals surface area contributed by atoms with Crippen LogP contribution in [0.5, 0.6) is 0 Å². The minimum atomic E-state index is -0.737. The molecule has 0 unspecified atom stereocenters. The van der Waals surface area contributed by atoms with E-state index in [1.807, 2.05) is 0 Å². The molecule has 3 aromatic rings. The first-order chi connectivity index (χ1) is 8.59. The van der Waals surface area contributed by atoms with Crippen LogP contribution < -0.4 is 5.73 Å². The number of fused-ring (bicyclic) bond motifs is 1. The highest BCUT2D eigenvalue weighted by Gasteiger charge is 2.19. The Hall–Kier alpha value is -2.37. The molecule has 0 aliphatic carbocycles. The van der Waals surface area contributed by atoms with Gasteiger partial charge in [-0.25, -0.2) is 8.78 Å². The Morgan fingerprint density at radius 2 is 2.11 bits per heavy atom. The summed E-state index contributed by atoms with van der Waals surface area (Å²) in [6.45, 7) is 0. The lowest BCUT2D eigenvalue weighted by Gasteiger charge is -2.05. The predicted molar refractivity (Wildman–Crippen MR) is 62.7 cm³/mol. The van der Waals surface area contributed by atoms with E-state index in [0.717, 1.165) is 6.07 Å². The summed E-state index contributed by atoms with van der Waals surface area (Å²) in [6.07, 6.45) is 2.75. The van der Waals surface area contributed by atoms with Crippen LogP contribution in [-0.2, 0) is 7.05 Å². The number of benzene rings is 1. The first kappa shape index (κ1) is 10.8. The molecule has 4 nitrogen and oxygen atoms in total. The number of rotatable bonds is 1. The molecule has 92 valence electrons. The van der Waals surface area contributed by atoms with Crippen molar-refractivity contribution >= 4 is 16.8 Å². The third kappa shape index (κ3) is 1.32. The van der Waals surface area contributed by atoms with E-state index in [4.69, 9.17) is 10.2 Å². The van der Waals surface area contributed by atoms with Crippen LogP contribution in [0.1, 0.15) is 0 Å². The van der Waals surface area contributed by atoms with Crippen LogP contribution in [0.2, 0.25) is 0 Å². The monoisotopic (exact) mass is 249 g/mol. The number of anilines is 1. The van der Waals surface area contributed by atoms with Gasteiger partial charge < -0.3 is 10.2 Å². The smallest absolute Gasteiger partial charge is 0.170 e. The lowest BCUT2D eigenvalue weighted by Crippen LogP contribution is -1.99. The summed E-state index contributed by atoms with van der Waals surface area (Å²) >= 11 is 0. The Balaban J connectivity index is 2.42. The lowest BCUT2D eigenvalue weighted by molar-refractivity contribution is 0.548. The van der Waals surface area contributed by atoms with Gasteiger partial charge in [-0.2, -0.15) is 5.10 Å². The van der Waals surface area contributed by atoms with Gasteiger partial charge in [-0.3, -0.25) is 4.68 Å². The molecule has 3 rings (SSSR count). The molecule has 2 aromatic heterocycles. The van der Waals surface area contributed by atoms with E-state index in [9.17, 15) is 8.78 Å². The third-order valence-electron chi connectivity index (χ3n) is 2.90. The molecule has 0 fully saturated rings. The summed E-state index contributed by atoms with van der Waals surface area (Å²) in [6, 6.07) is 2.29. The molecule has 6 heteroatoms. The molecule has 0 saturated carbocycles. The quantitative estimate of drug-likeness (QED) is 0.721. The molecule has 2 N–H and O–H groups in total. The lowest BCUT2D eigenvalue weighted by atomic mass is 10.0. The number of nitrogen functional groups attached to an aromatic ring is 1. The van der Waals surface area contributed by atoms with E-state index in [-0.39, 0.29) is 11.1 Å². The fraction of sp³-hybridized carbons (Fsp3) is 0.0833. The van der Waals surface area contributed by atoms with E-state index in [0.29, 0.717) is 16.8 Å². The van der Waals surface area contributed by atoms with E-state index in [2.05, 4.69) is 5.10 Å². The maximum absolute atomic E-state index is 14.0. The second-order valence-corrected chi connectivity index (χ2v) is 3.95. The summed E-state index contributed by atoms with van der Waals surface area (Å²) in [5.41, 5.74) is 6.44. The van der Waals surface area contributed by atoms with Crippen molar-refractivity contribution in [1.29, 1.82) is 0 Å². The first-order valence-corrected chi connectivity index (χ1v) is 5.22. The molecule has 0 atom stereocenters. The molecule has 0 aliphatic rings. The van der Waals surface area contributed by atoms with E-state index in [1.165, 1.54) is 23.2 Å². The van der Waals surface area contributed by atoms with Crippen molar-refractivity contribution in [3.05, 3.63) is 36.2 Å². The predicted octanol–water partition coefficient (Wildman–Crippen LogP) is 2.69. The standard InChI is InChI=1S/C12H9F2N3O/c1-17-12(15)7(5-16-17)10-6-2-3-18-11(6)9(14)4-8(10)13/h2-5H,15H2,1H3. The van der Waals surface area contributed by atoms with Gasteiger partial charge in [0.2, 0.25) is 0 Å². The molecule has 0 saturated heterocycles. The van der Waals surface area contributed by atoms with Gasteiger partial charge in [0.1, 0.15) is 11.6 Å². The molecule has 0 spiro atoms. The summed E-state index contributed by atoms with van der Waals surface area (Å²) in [5.74, 6) is -1.12. The number of nitrogens with zero attached hydrogens (tertiary/aromatic N) is 2. The second kappa shape index (κ2) is 3.56. The van der Waals surface area contributed by atoms with Gasteiger partial charge in [-0.1, -0.05) is 0 Å². The van der Waals surface area contributed by atoms with Gasteiger partial charge >= 0.3 is 0 Å². The maximum atomic E-state index is 14.0. The van der Waals surface area contributed by atoms with Crippen LogP contribution >= 0.6 is 0 Å². The average Bonchev–Trinajstić information content (AvgIpc) is 2.91. The van der Waals surface area contributed by atoms with Gasteiger partial charge in [-0.05, 0) is 6.07 Å². The van der Waals surface area contributed by atoms with Gasteiger partial charge in [0.15, 0.2) is 11.4 Å². The van der Waals surface area contributed by atoms with Crippen LogP contribution in [0.3, 0.4) is 0 Å². The normalized spacial score (nSPS) is 11.3. The minimum Gasteiger partial charge on any atom is -0.461 e. The molecule has 18 heavy (non-hydrogen) atoms. The highest BCUT2D eigenvalue weighted by molar-refractivity contribution is 5.96. The number of furan rings is 1. The fourth-order valence-corrected chi connectivity index (χ4v) is 1.98. The molecule has 0 radical (unpaired) electrons. The summed E-state index contributed by atoms with van der Waals surface area (Å²) in [4.78, 5) is 0. The number of hydrogen-bond donors (Lipinski definition) is 1. The molecule has 0 aliphatic heterocycles. The molecule has 0 bridgehead atoms. The van der Waals surface area contributed by atoms with Crippen LogP contribution in [0.15, 0.2) is 29.0 Å². The van der Waals surface area contributed by atoms with Gasteiger partial charge in [0.05, 0.1) is 12.5 Å². The number of hydrogen-bond acceptors (Lipinski definition) is 3. The van der Waals surface area contributed by atoms with Crippen molar-refractivity contribution in [2.24, 2.45) is 7.05 Å². The number of aromatic nitrogens is 2. The van der Waals surface area contributed by atoms with Gasteiger partial charge in [0, 0.05) is 29.6 Å². The highest BCUT2D eigenvalue weighted by Crippen LogP contribution is 2.36. The van der Waals surface area contributed by atoms with Crippen molar-refractivity contribution in [3.8, 4) is 11.1 Å². The van der Waals surface area contributed by atoms with E-state index < -0.39 is 11.6 Å². The zero-order valence-electron chi connectivity index (χ0n) is 9.45. The Bertz CT molecular complexity index is 745. The zero-order chi connectivity index (χ0) is 12.9. The molecular formula is C12H9F2N3O. The molecule has 1 aromatic carbocycles. The van der Waals surface area contributed by atoms with Crippen molar-refractivity contribution in [3.63, 3.8) is 0 Å². The van der Waals surface area contributed by atoms with Gasteiger partial charge in [0.25, 0.3) is 0 Å². The Morgan fingerprint density at radius 1 is 1.33 bits per heavy atom. The van der Waals surface area contributed by atoms with Crippen LogP contribution in [0, 0.1) is 11.6 Å². The van der Waals surface area contributed by atoms with E-state index in [1.54, 1.807) is 7.05 Å². The van der Waals surface area contributed by atoms with Crippen LogP contribution in [0.25, 0.3) is 22.1 Å². The average molecular weight is 249 g/mol. The van der Waals surface area contributed by atoms with Gasteiger partial charge in [-0.15, -0.1) is 0 Å². The van der Waals surface area contributed by atoms with Crippen molar-refractivity contribution in [2.45, 2.75) is 0 Å². The second-order valence-electron chi connectivity index (χ2n) is 3.95. The summed E-state index contributed by atoms with van der Waals surface area (Å²) in [7, 11) is 1.65. The summed E-state index contributed by atoms with van der Waals surface area (Å²) < 4.78 is 33.9. The maximum Gasteiger partial charge on any atom is 0.170 e. The summed E-state index contributed by atoms with van der Waals surface area (Å²) in [5, 5.41) is 4.29. The Labute approximate surface area is 101 Å². The van der Waals surface area contributed by atoms with Crippen molar-refractivity contribution < 1.29 is 13.2 Å². The van der Waals surface area contributed by atoms with Crippen molar-refractivity contribution in [1.82, 2.24) is 9.78 Å². The topological polar surface area (TPSA) is 57.0 Å². The molecular weight excluding hydrogens is 240 g/mol. The van der Waals surface area contributed by atoms with Crippen molar-refractivity contribution in [2.75, 3.05) is 5.73 Å². The third-order valence-corrected chi connectivity index (χ3v) is 2.90. The largest absolute Gasteiger partial charge is 0.461 e. The Kier molecular flexibility index (Phi) is 2.13. The number of halogens is 2. The first-order valence-electron chi connectivity index (χ1n) is 5.22. The SMILES string of the molecule is Cn1ncc(-c2c(F)cc(F)c3occc23)c1N. The number of aryl methyl sites for hydroxylation is 1. The van der Waals surface area contributed by atoms with Crippen LogP contribution in [-0.4, -0.2) is 9.78 Å². The zero-order valence-corrected chi connectivity index (χ0v) is 9.45. The van der Waals surface area contributed by atoms with Crippen LogP contribution in [0.4, 0.5) is 14.6 Å². The molecule has 2 heterocycles. The molecule has 0 amide bonds. The fourth-order valence-electron chi connectivity index (χ4n) is 1.98. The minimum absolute atomic E-state index is 0.00894. The number of nitrogens with two attached hydrogens (primary N) is 1. The Morgan fingerprint density at radius 3 is 2.78 bits per heavy atom. The van der Waals surface area contributed by atoms with E-state index >= 15 is 0 Å². The highest BCUT2D eigenvalue weighted by atomic mass is 19.1.